The van der Waals surface area contributed by atoms with E-state index in [2.05, 4.69) is 15.6 Å². The maximum absolute atomic E-state index is 9.02. The summed E-state index contributed by atoms with van der Waals surface area (Å²) in [4.78, 5) is 4.02. The summed E-state index contributed by atoms with van der Waals surface area (Å²) in [7, 11) is 0. The van der Waals surface area contributed by atoms with E-state index >= 15 is 0 Å². The average Bonchev–Trinajstić information content (AvgIpc) is 2.20. The Kier molecular flexibility index (Phi) is 5.07. The van der Waals surface area contributed by atoms with Crippen molar-refractivity contribution in [1.29, 1.82) is 0 Å². The van der Waals surface area contributed by atoms with Gasteiger partial charge in [0.05, 0.1) is 6.10 Å². The summed E-state index contributed by atoms with van der Waals surface area (Å²) in [5.41, 5.74) is 2.26. The van der Waals surface area contributed by atoms with Gasteiger partial charge in [0.2, 0.25) is 0 Å². The van der Waals surface area contributed by atoms with Crippen LogP contribution in [0.4, 0.5) is 5.69 Å². The van der Waals surface area contributed by atoms with Crippen molar-refractivity contribution in [3.63, 3.8) is 0 Å². The molecule has 1 rings (SSSR count). The molecule has 0 bridgehead atoms. The topological polar surface area (TPSA) is 57.2 Å². The van der Waals surface area contributed by atoms with Crippen LogP contribution < -0.4 is 10.6 Å². The van der Waals surface area contributed by atoms with Crippen LogP contribution in [0.25, 0.3) is 0 Å². The minimum absolute atomic E-state index is 0.285. The first-order valence-electron chi connectivity index (χ1n) is 5.23. The van der Waals surface area contributed by atoms with Crippen molar-refractivity contribution in [2.45, 2.75) is 20.0 Å². The van der Waals surface area contributed by atoms with E-state index < -0.39 is 0 Å². The third-order valence-corrected chi connectivity index (χ3v) is 2.08. The van der Waals surface area contributed by atoms with Crippen molar-refractivity contribution in [2.24, 2.45) is 0 Å². The first-order valence-corrected chi connectivity index (χ1v) is 5.23. The highest BCUT2D eigenvalue weighted by atomic mass is 16.3. The van der Waals surface area contributed by atoms with Crippen LogP contribution in [0.5, 0.6) is 0 Å². The minimum Gasteiger partial charge on any atom is -0.392 e. The van der Waals surface area contributed by atoms with Gasteiger partial charge in [0.25, 0.3) is 0 Å². The highest BCUT2D eigenvalue weighted by molar-refractivity contribution is 5.48. The lowest BCUT2D eigenvalue weighted by Crippen LogP contribution is -2.29. The molecule has 1 aromatic rings. The Morgan fingerprint density at radius 2 is 2.27 bits per heavy atom. The number of hydrogen-bond acceptors (Lipinski definition) is 4. The molecule has 0 aliphatic heterocycles. The van der Waals surface area contributed by atoms with Gasteiger partial charge in [-0.2, -0.15) is 0 Å². The Labute approximate surface area is 90.7 Å². The van der Waals surface area contributed by atoms with Gasteiger partial charge in [0.15, 0.2) is 0 Å². The van der Waals surface area contributed by atoms with Crippen LogP contribution in [-0.4, -0.2) is 35.8 Å². The quantitative estimate of drug-likeness (QED) is 0.606. The van der Waals surface area contributed by atoms with Crippen LogP contribution >= 0.6 is 0 Å². The van der Waals surface area contributed by atoms with Gasteiger partial charge in [-0.1, -0.05) is 0 Å². The Hall–Kier alpha value is -1.13. The number of rotatable bonds is 6. The SMILES string of the molecule is Cc1cnccc1NCCNCC(C)O. The molecular formula is C11H19N3O. The van der Waals surface area contributed by atoms with E-state index in [1.807, 2.05) is 19.2 Å². The van der Waals surface area contributed by atoms with Gasteiger partial charge in [-0.25, -0.2) is 0 Å². The van der Waals surface area contributed by atoms with Gasteiger partial charge in [0, 0.05) is 37.7 Å². The zero-order valence-electron chi connectivity index (χ0n) is 9.33. The van der Waals surface area contributed by atoms with Crippen molar-refractivity contribution in [3.8, 4) is 0 Å². The Bertz CT molecular complexity index is 289. The van der Waals surface area contributed by atoms with Crippen LogP contribution in [0.3, 0.4) is 0 Å². The summed E-state index contributed by atoms with van der Waals surface area (Å²) < 4.78 is 0. The third kappa shape index (κ3) is 4.76. The van der Waals surface area contributed by atoms with Gasteiger partial charge in [-0.15, -0.1) is 0 Å². The molecule has 4 nitrogen and oxygen atoms in total. The Morgan fingerprint density at radius 3 is 2.93 bits per heavy atom. The molecular weight excluding hydrogens is 190 g/mol. The van der Waals surface area contributed by atoms with E-state index in [0.717, 1.165) is 24.3 Å². The molecule has 0 saturated heterocycles. The van der Waals surface area contributed by atoms with Crippen molar-refractivity contribution in [2.75, 3.05) is 25.0 Å². The smallest absolute Gasteiger partial charge is 0.0636 e. The molecule has 84 valence electrons. The molecule has 0 aliphatic rings. The van der Waals surface area contributed by atoms with Gasteiger partial charge >= 0.3 is 0 Å². The second-order valence-electron chi connectivity index (χ2n) is 3.67. The Balaban J connectivity index is 2.18. The standard InChI is InChI=1S/C11H19N3O/c1-9-7-12-4-3-11(9)14-6-5-13-8-10(2)15/h3-4,7,10,13,15H,5-6,8H2,1-2H3,(H,12,14). The van der Waals surface area contributed by atoms with Gasteiger partial charge < -0.3 is 15.7 Å². The third-order valence-electron chi connectivity index (χ3n) is 2.08. The highest BCUT2D eigenvalue weighted by Crippen LogP contribution is 2.10. The summed E-state index contributed by atoms with van der Waals surface area (Å²) in [5.74, 6) is 0. The van der Waals surface area contributed by atoms with Crippen LogP contribution in [0.1, 0.15) is 12.5 Å². The summed E-state index contributed by atoms with van der Waals surface area (Å²) in [5, 5.41) is 15.5. The maximum Gasteiger partial charge on any atom is 0.0636 e. The van der Waals surface area contributed by atoms with Crippen LogP contribution in [-0.2, 0) is 0 Å². The van der Waals surface area contributed by atoms with Crippen LogP contribution in [0.15, 0.2) is 18.5 Å². The average molecular weight is 209 g/mol. The molecule has 0 amide bonds. The van der Waals surface area contributed by atoms with E-state index in [1.165, 1.54) is 0 Å². The second kappa shape index (κ2) is 6.37. The normalized spacial score (nSPS) is 12.5. The lowest BCUT2D eigenvalue weighted by Gasteiger charge is -2.10. The number of hydrogen-bond donors (Lipinski definition) is 3. The summed E-state index contributed by atoms with van der Waals surface area (Å²) in [6, 6.07) is 1.96. The largest absolute Gasteiger partial charge is 0.392 e. The molecule has 0 spiro atoms. The van der Waals surface area contributed by atoms with Gasteiger partial charge in [-0.05, 0) is 25.5 Å². The molecule has 0 radical (unpaired) electrons. The predicted molar refractivity (Wildman–Crippen MR) is 62.0 cm³/mol. The van der Waals surface area contributed by atoms with Crippen molar-refractivity contribution < 1.29 is 5.11 Å². The van der Waals surface area contributed by atoms with Gasteiger partial charge in [-0.3, -0.25) is 4.98 Å². The number of aliphatic hydroxyl groups excluding tert-OH is 1. The number of anilines is 1. The summed E-state index contributed by atoms with van der Waals surface area (Å²) in [6.45, 7) is 6.12. The molecule has 3 N–H and O–H groups in total. The zero-order chi connectivity index (χ0) is 11.1. The van der Waals surface area contributed by atoms with Crippen molar-refractivity contribution in [1.82, 2.24) is 10.3 Å². The number of aromatic nitrogens is 1. The minimum atomic E-state index is -0.285. The maximum atomic E-state index is 9.02. The molecule has 4 heteroatoms. The molecule has 1 unspecified atom stereocenters. The van der Waals surface area contributed by atoms with Crippen molar-refractivity contribution in [3.05, 3.63) is 24.0 Å². The molecule has 1 aromatic heterocycles. The van der Waals surface area contributed by atoms with Gasteiger partial charge in [0.1, 0.15) is 0 Å². The number of nitrogens with one attached hydrogen (secondary N) is 2. The lowest BCUT2D eigenvalue weighted by molar-refractivity contribution is 0.192. The summed E-state index contributed by atoms with van der Waals surface area (Å²) >= 11 is 0. The van der Waals surface area contributed by atoms with E-state index in [1.54, 1.807) is 13.1 Å². The number of aliphatic hydroxyl groups is 1. The fourth-order valence-corrected chi connectivity index (χ4v) is 1.27. The second-order valence-corrected chi connectivity index (χ2v) is 3.67. The fraction of sp³-hybridized carbons (Fsp3) is 0.545. The Morgan fingerprint density at radius 1 is 1.47 bits per heavy atom. The van der Waals surface area contributed by atoms with Crippen LogP contribution in [0.2, 0.25) is 0 Å². The molecule has 0 saturated carbocycles. The summed E-state index contributed by atoms with van der Waals surface area (Å²) in [6.07, 6.45) is 3.33. The first-order chi connectivity index (χ1) is 7.20. The number of nitrogens with zero attached hydrogens (tertiary/aromatic N) is 1. The lowest BCUT2D eigenvalue weighted by atomic mass is 10.2. The van der Waals surface area contributed by atoms with E-state index in [4.69, 9.17) is 5.11 Å². The van der Waals surface area contributed by atoms with Crippen molar-refractivity contribution >= 4 is 5.69 Å². The molecule has 0 fully saturated rings. The molecule has 0 aliphatic carbocycles. The monoisotopic (exact) mass is 209 g/mol. The number of aryl methyl sites for hydroxylation is 1. The predicted octanol–water partition coefficient (Wildman–Crippen LogP) is 0.772. The molecule has 1 heterocycles. The highest BCUT2D eigenvalue weighted by Gasteiger charge is 1.96. The van der Waals surface area contributed by atoms with E-state index in [0.29, 0.717) is 6.54 Å². The molecule has 15 heavy (non-hydrogen) atoms. The first kappa shape index (κ1) is 11.9. The number of pyridine rings is 1. The fourth-order valence-electron chi connectivity index (χ4n) is 1.27. The van der Waals surface area contributed by atoms with Crippen LogP contribution in [0, 0.1) is 6.92 Å². The van der Waals surface area contributed by atoms with E-state index in [9.17, 15) is 0 Å². The van der Waals surface area contributed by atoms with E-state index in [-0.39, 0.29) is 6.10 Å². The molecule has 1 atom stereocenters. The molecule has 0 aromatic carbocycles. The zero-order valence-corrected chi connectivity index (χ0v) is 9.33.